The van der Waals surface area contributed by atoms with Gasteiger partial charge in [0.2, 0.25) is 11.8 Å². The summed E-state index contributed by atoms with van der Waals surface area (Å²) < 4.78 is -1.91. The first-order chi connectivity index (χ1) is 11.9. The fraction of sp³-hybridized carbons (Fsp3) is 0.412. The van der Waals surface area contributed by atoms with Gasteiger partial charge in [0.05, 0.1) is 27.6 Å². The fourth-order valence-electron chi connectivity index (χ4n) is 4.19. The summed E-state index contributed by atoms with van der Waals surface area (Å²) in [6, 6.07) is 5.46. The van der Waals surface area contributed by atoms with E-state index in [1.807, 2.05) is 19.1 Å². The zero-order valence-corrected chi connectivity index (χ0v) is 18.0. The van der Waals surface area contributed by atoms with Crippen LogP contribution in [-0.2, 0) is 9.59 Å². The minimum Gasteiger partial charge on any atom is -0.274 e. The van der Waals surface area contributed by atoms with Gasteiger partial charge >= 0.3 is 0 Å². The van der Waals surface area contributed by atoms with Crippen LogP contribution in [0, 0.1) is 25.7 Å². The normalized spacial score (nSPS) is 37.8. The van der Waals surface area contributed by atoms with Gasteiger partial charge in [0.15, 0.2) is 4.33 Å². The molecule has 3 nitrogen and oxygen atoms in total. The largest absolute Gasteiger partial charge is 0.274 e. The van der Waals surface area contributed by atoms with Gasteiger partial charge in [-0.2, -0.15) is 0 Å². The first-order valence-electron chi connectivity index (χ1n) is 7.69. The number of carbonyl (C=O) groups is 2. The first-order valence-corrected chi connectivity index (χ1v) is 9.96. The molecule has 0 unspecified atom stereocenters. The predicted octanol–water partition coefficient (Wildman–Crippen LogP) is 5.25. The van der Waals surface area contributed by atoms with E-state index < -0.39 is 37.7 Å². The molecule has 9 heteroatoms. The number of rotatable bonds is 1. The third-order valence-corrected chi connectivity index (χ3v) is 9.77. The highest BCUT2D eigenvalue weighted by molar-refractivity contribution is 6.67. The molecule has 0 N–H and O–H groups in total. The van der Waals surface area contributed by atoms with Gasteiger partial charge in [0.1, 0.15) is 9.75 Å². The summed E-state index contributed by atoms with van der Waals surface area (Å²) >= 11 is 38.9. The van der Waals surface area contributed by atoms with Crippen molar-refractivity contribution in [1.29, 1.82) is 0 Å². The van der Waals surface area contributed by atoms with Crippen molar-refractivity contribution in [2.24, 2.45) is 11.8 Å². The van der Waals surface area contributed by atoms with E-state index in [0.29, 0.717) is 5.69 Å². The van der Waals surface area contributed by atoms with Gasteiger partial charge in [-0.1, -0.05) is 58.5 Å². The van der Waals surface area contributed by atoms with Crippen LogP contribution in [0.1, 0.15) is 11.1 Å². The average molecular weight is 474 g/mol. The Balaban J connectivity index is 1.94. The Morgan fingerprint density at radius 3 is 1.81 bits per heavy atom. The molecule has 26 heavy (non-hydrogen) atoms. The zero-order valence-electron chi connectivity index (χ0n) is 13.4. The Morgan fingerprint density at radius 1 is 0.885 bits per heavy atom. The lowest BCUT2D eigenvalue weighted by Crippen LogP contribution is -2.50. The van der Waals surface area contributed by atoms with E-state index in [9.17, 15) is 9.59 Å². The number of carbonyl (C=O) groups excluding carboxylic acids is 2. The predicted molar refractivity (Wildman–Crippen MR) is 106 cm³/mol. The molecule has 4 rings (SSSR count). The lowest BCUT2D eigenvalue weighted by atomic mass is 9.84. The van der Waals surface area contributed by atoms with Crippen LogP contribution < -0.4 is 4.90 Å². The van der Waals surface area contributed by atoms with Crippen molar-refractivity contribution in [2.45, 2.75) is 27.9 Å². The average Bonchev–Trinajstić information content (AvgIpc) is 2.95. The van der Waals surface area contributed by atoms with Gasteiger partial charge in [-0.3, -0.25) is 9.59 Å². The highest BCUT2D eigenvalue weighted by Crippen LogP contribution is 2.77. The van der Waals surface area contributed by atoms with E-state index in [2.05, 4.69) is 0 Å². The first kappa shape index (κ1) is 19.2. The van der Waals surface area contributed by atoms with E-state index in [4.69, 9.17) is 69.6 Å². The maximum Gasteiger partial charge on any atom is 0.240 e. The van der Waals surface area contributed by atoms with Gasteiger partial charge in [0.25, 0.3) is 0 Å². The number of nitrogens with zero attached hydrogens (tertiary/aromatic N) is 1. The summed E-state index contributed by atoms with van der Waals surface area (Å²) in [5, 5.41) is -0.183. The number of aryl methyl sites for hydroxylation is 2. The number of alkyl halides is 4. The second kappa shape index (κ2) is 5.46. The van der Waals surface area contributed by atoms with Crippen LogP contribution in [0.15, 0.2) is 28.3 Å². The molecule has 1 aromatic carbocycles. The third kappa shape index (κ3) is 1.81. The number of allylic oxidation sites excluding steroid dienone is 2. The zero-order chi connectivity index (χ0) is 19.4. The van der Waals surface area contributed by atoms with E-state index in [1.165, 1.54) is 0 Å². The number of amides is 2. The number of imide groups is 1. The Labute approximate surface area is 180 Å². The minimum absolute atomic E-state index is 0.0916. The van der Waals surface area contributed by atoms with Crippen molar-refractivity contribution >= 4 is 87.1 Å². The summed E-state index contributed by atoms with van der Waals surface area (Å²) in [5.74, 6) is -3.31. The van der Waals surface area contributed by atoms with E-state index >= 15 is 0 Å². The summed E-state index contributed by atoms with van der Waals surface area (Å²) in [7, 11) is 0. The highest BCUT2D eigenvalue weighted by atomic mass is 35.5. The molecule has 3 aliphatic rings. The molecular weight excluding hydrogens is 463 g/mol. The number of hydrogen-bond donors (Lipinski definition) is 0. The van der Waals surface area contributed by atoms with Gasteiger partial charge in [-0.15, -0.1) is 23.2 Å². The smallest absolute Gasteiger partial charge is 0.240 e. The molecule has 4 atom stereocenters. The van der Waals surface area contributed by atoms with Crippen molar-refractivity contribution < 1.29 is 9.59 Å². The number of anilines is 1. The van der Waals surface area contributed by atoms with Gasteiger partial charge < -0.3 is 0 Å². The van der Waals surface area contributed by atoms with Gasteiger partial charge in [-0.25, -0.2) is 4.90 Å². The van der Waals surface area contributed by atoms with Crippen molar-refractivity contribution in [3.63, 3.8) is 0 Å². The minimum atomic E-state index is -1.91. The third-order valence-electron chi connectivity index (χ3n) is 5.51. The Hall–Kier alpha value is -0.160. The lowest BCUT2D eigenvalue weighted by molar-refractivity contribution is -0.123. The second-order valence-electron chi connectivity index (χ2n) is 6.88. The van der Waals surface area contributed by atoms with Crippen molar-refractivity contribution in [2.75, 3.05) is 4.90 Å². The molecular formula is C17H11Cl6NO2. The molecule has 2 bridgehead atoms. The van der Waals surface area contributed by atoms with Crippen LogP contribution >= 0.6 is 69.6 Å². The van der Waals surface area contributed by atoms with Crippen LogP contribution in [0.3, 0.4) is 0 Å². The van der Waals surface area contributed by atoms with Crippen LogP contribution in [0.25, 0.3) is 0 Å². The SMILES string of the molecule is Cc1ccc(C)c(N2C(=O)[C@@H]3[C@@H](C2=O)[C@@]2(Cl)C(Cl)=C(Cl)[C@@]3(Cl)C2(Cl)Cl)c1. The van der Waals surface area contributed by atoms with Crippen LogP contribution in [0.4, 0.5) is 5.69 Å². The monoisotopic (exact) mass is 471 g/mol. The molecule has 0 radical (unpaired) electrons. The number of benzene rings is 1. The van der Waals surface area contributed by atoms with E-state index in [1.54, 1.807) is 13.0 Å². The summed E-state index contributed by atoms with van der Waals surface area (Å²) in [4.78, 5) is 24.1. The summed E-state index contributed by atoms with van der Waals surface area (Å²) in [6.45, 7) is 3.67. The van der Waals surface area contributed by atoms with Crippen molar-refractivity contribution in [1.82, 2.24) is 0 Å². The molecule has 1 saturated carbocycles. The van der Waals surface area contributed by atoms with E-state index in [-0.39, 0.29) is 10.1 Å². The molecule has 2 amide bonds. The van der Waals surface area contributed by atoms with Gasteiger partial charge in [0, 0.05) is 0 Å². The molecule has 2 fully saturated rings. The molecule has 2 aliphatic carbocycles. The molecule has 1 heterocycles. The summed E-state index contributed by atoms with van der Waals surface area (Å²) in [6.07, 6.45) is 0. The highest BCUT2D eigenvalue weighted by Gasteiger charge is 2.87. The molecule has 1 saturated heterocycles. The number of hydrogen-bond acceptors (Lipinski definition) is 2. The van der Waals surface area contributed by atoms with Crippen LogP contribution in [0.2, 0.25) is 0 Å². The quantitative estimate of drug-likeness (QED) is 0.412. The molecule has 0 aromatic heterocycles. The maximum atomic E-state index is 13.3. The molecule has 1 aliphatic heterocycles. The number of halogens is 6. The topological polar surface area (TPSA) is 37.4 Å². The molecule has 0 spiro atoms. The maximum absolute atomic E-state index is 13.3. The Bertz CT molecular complexity index is 882. The van der Waals surface area contributed by atoms with Crippen LogP contribution in [0.5, 0.6) is 0 Å². The Kier molecular flexibility index (Phi) is 4.03. The lowest BCUT2D eigenvalue weighted by Gasteiger charge is -2.34. The van der Waals surface area contributed by atoms with Gasteiger partial charge in [-0.05, 0) is 31.0 Å². The van der Waals surface area contributed by atoms with Crippen LogP contribution in [-0.4, -0.2) is 25.9 Å². The summed E-state index contributed by atoms with van der Waals surface area (Å²) in [5.41, 5.74) is 2.12. The molecule has 138 valence electrons. The van der Waals surface area contributed by atoms with E-state index in [0.717, 1.165) is 16.0 Å². The standard InChI is InChI=1S/C17H11Cl6NO2/c1-6-3-4-7(2)8(5-6)24-13(25)9-10(14(24)26)16(21)12(19)11(18)15(9,20)17(16,22)23/h3-5,9-10H,1-2H3/t9-,10-,15+,16+/m0/s1. The van der Waals surface area contributed by atoms with Crippen molar-refractivity contribution in [3.05, 3.63) is 39.4 Å². The second-order valence-corrected chi connectivity index (χ2v) is 10.2. The fourth-order valence-corrected chi connectivity index (χ4v) is 7.12. The van der Waals surface area contributed by atoms with Crippen molar-refractivity contribution in [3.8, 4) is 0 Å². The Morgan fingerprint density at radius 2 is 1.35 bits per heavy atom. The molecule has 1 aromatic rings. The number of fused-ring (bicyclic) bond motifs is 5.